The Balaban J connectivity index is 1.55. The van der Waals surface area contributed by atoms with Crippen LogP contribution in [-0.4, -0.2) is 33.1 Å². The maximum absolute atomic E-state index is 13.9. The zero-order valence-electron chi connectivity index (χ0n) is 22.4. The molecule has 0 aromatic heterocycles. The number of hydrogen-bond acceptors (Lipinski definition) is 7. The summed E-state index contributed by atoms with van der Waals surface area (Å²) in [6.07, 6.45) is 0.916. The summed E-state index contributed by atoms with van der Waals surface area (Å²) in [5.41, 5.74) is 4.27. The molecule has 3 aromatic rings. The highest BCUT2D eigenvalue weighted by Crippen LogP contribution is 2.47. The van der Waals surface area contributed by atoms with Crippen molar-refractivity contribution in [2.75, 3.05) is 21.3 Å². The Bertz CT molecular complexity index is 1470. The number of hydrogen-bond donors (Lipinski definition) is 1. The smallest absolute Gasteiger partial charge is 0.336 e. The molecule has 7 heteroatoms. The number of para-hydroxylation sites is 1. The molecule has 0 unspecified atom stereocenters. The second kappa shape index (κ2) is 11.1. The van der Waals surface area contributed by atoms with Crippen LogP contribution in [-0.2, 0) is 14.3 Å². The van der Waals surface area contributed by atoms with E-state index < -0.39 is 11.9 Å². The molecule has 0 saturated heterocycles. The molecule has 7 nitrogen and oxygen atoms in total. The molecule has 0 amide bonds. The van der Waals surface area contributed by atoms with Crippen molar-refractivity contribution in [1.82, 2.24) is 5.32 Å². The molecule has 1 heterocycles. The topological polar surface area (TPSA) is 83.1 Å². The van der Waals surface area contributed by atoms with Crippen LogP contribution in [0.15, 0.2) is 95.3 Å². The lowest BCUT2D eigenvalue weighted by Crippen LogP contribution is -2.36. The van der Waals surface area contributed by atoms with Gasteiger partial charge in [0.25, 0.3) is 0 Å². The van der Waals surface area contributed by atoms with Crippen LogP contribution in [0.5, 0.6) is 23.0 Å². The highest BCUT2D eigenvalue weighted by Gasteiger charge is 2.41. The first kappa shape index (κ1) is 26.1. The fraction of sp³-hybridized carbons (Fsp3) is 0.250. The number of Topliss-reactive ketones (excluding diaryl/α,β-unsaturated/α-hetero) is 1. The minimum absolute atomic E-state index is 0.0168. The third-order valence-electron chi connectivity index (χ3n) is 7.28. The second-order valence-electron chi connectivity index (χ2n) is 9.61. The Hall–Kier alpha value is -4.52. The van der Waals surface area contributed by atoms with Gasteiger partial charge in [0.1, 0.15) is 11.5 Å². The fourth-order valence-corrected chi connectivity index (χ4v) is 5.48. The summed E-state index contributed by atoms with van der Waals surface area (Å²) in [4.78, 5) is 26.9. The zero-order valence-corrected chi connectivity index (χ0v) is 22.4. The summed E-state index contributed by atoms with van der Waals surface area (Å²) in [6.45, 7) is 1.85. The number of carbonyl (C=O) groups excluding carboxylic acids is 2. The first-order valence-corrected chi connectivity index (χ1v) is 12.8. The van der Waals surface area contributed by atoms with Gasteiger partial charge in [0.05, 0.1) is 26.9 Å². The first-order chi connectivity index (χ1) is 18.9. The minimum atomic E-state index is -0.577. The number of rotatable bonds is 7. The van der Waals surface area contributed by atoms with E-state index in [0.717, 1.165) is 16.8 Å². The lowest BCUT2D eigenvalue weighted by Gasteiger charge is -2.36. The van der Waals surface area contributed by atoms with Crippen molar-refractivity contribution in [3.8, 4) is 23.0 Å². The third-order valence-corrected chi connectivity index (χ3v) is 7.28. The number of methoxy groups -OCH3 is 3. The standard InChI is InChI=1S/C32H31NO6/c1-19-29(32(35)38-4)30(21-9-8-12-24(15-21)39-23-10-6-5-7-11-23)31-25(33-19)16-22(17-26(31)34)20-13-14-27(36-2)28(18-20)37-3/h5-15,18,22,30,33H,16-17H2,1-4H3/t22-,30-/m1/s1. The Morgan fingerprint density at radius 1 is 0.821 bits per heavy atom. The van der Waals surface area contributed by atoms with E-state index in [1.165, 1.54) is 7.11 Å². The van der Waals surface area contributed by atoms with Crippen molar-refractivity contribution in [3.05, 3.63) is 106 Å². The van der Waals surface area contributed by atoms with Gasteiger partial charge in [-0.2, -0.15) is 0 Å². The Morgan fingerprint density at radius 2 is 1.56 bits per heavy atom. The molecule has 39 heavy (non-hydrogen) atoms. The van der Waals surface area contributed by atoms with Gasteiger partial charge in [0.2, 0.25) is 0 Å². The Kier molecular flexibility index (Phi) is 7.41. The number of carbonyl (C=O) groups is 2. The van der Waals surface area contributed by atoms with E-state index in [9.17, 15) is 9.59 Å². The van der Waals surface area contributed by atoms with Gasteiger partial charge in [-0.15, -0.1) is 0 Å². The van der Waals surface area contributed by atoms with Crippen LogP contribution in [0.1, 0.15) is 42.7 Å². The quantitative estimate of drug-likeness (QED) is 0.377. The largest absolute Gasteiger partial charge is 0.493 e. The summed E-state index contributed by atoms with van der Waals surface area (Å²) in [5, 5.41) is 3.37. The molecule has 0 bridgehead atoms. The average Bonchev–Trinajstić information content (AvgIpc) is 2.96. The molecule has 1 N–H and O–H groups in total. The molecule has 1 aliphatic heterocycles. The van der Waals surface area contributed by atoms with Crippen molar-refractivity contribution >= 4 is 11.8 Å². The van der Waals surface area contributed by atoms with E-state index in [1.807, 2.05) is 79.7 Å². The van der Waals surface area contributed by atoms with Crippen LogP contribution in [0, 0.1) is 0 Å². The molecule has 0 radical (unpaired) electrons. The summed E-state index contributed by atoms with van der Waals surface area (Å²) >= 11 is 0. The van der Waals surface area contributed by atoms with Crippen LogP contribution in [0.2, 0.25) is 0 Å². The van der Waals surface area contributed by atoms with Gasteiger partial charge >= 0.3 is 5.97 Å². The summed E-state index contributed by atoms with van der Waals surface area (Å²) < 4.78 is 22.1. The highest BCUT2D eigenvalue weighted by molar-refractivity contribution is 6.04. The Morgan fingerprint density at radius 3 is 2.28 bits per heavy atom. The number of nitrogens with one attached hydrogen (secondary N) is 1. The van der Waals surface area contributed by atoms with Gasteiger partial charge in [-0.3, -0.25) is 4.79 Å². The van der Waals surface area contributed by atoms with E-state index in [4.69, 9.17) is 18.9 Å². The number of ketones is 1. The second-order valence-corrected chi connectivity index (χ2v) is 9.61. The maximum atomic E-state index is 13.9. The van der Waals surface area contributed by atoms with Gasteiger partial charge in [-0.25, -0.2) is 4.79 Å². The number of allylic oxidation sites excluding steroid dienone is 3. The predicted octanol–water partition coefficient (Wildman–Crippen LogP) is 6.03. The lowest BCUT2D eigenvalue weighted by molar-refractivity contribution is -0.136. The highest BCUT2D eigenvalue weighted by atomic mass is 16.5. The molecule has 3 aromatic carbocycles. The van der Waals surface area contributed by atoms with Crippen molar-refractivity contribution in [3.63, 3.8) is 0 Å². The molecular weight excluding hydrogens is 494 g/mol. The van der Waals surface area contributed by atoms with Gasteiger partial charge in [0, 0.05) is 29.3 Å². The number of benzene rings is 3. The van der Waals surface area contributed by atoms with Crippen LogP contribution in [0.25, 0.3) is 0 Å². The van der Waals surface area contributed by atoms with E-state index in [2.05, 4.69) is 5.32 Å². The molecule has 0 fully saturated rings. The van der Waals surface area contributed by atoms with E-state index >= 15 is 0 Å². The van der Waals surface area contributed by atoms with Gasteiger partial charge in [-0.1, -0.05) is 36.4 Å². The molecule has 1 aliphatic carbocycles. The molecule has 5 rings (SSSR count). The SMILES string of the molecule is COC(=O)C1=C(C)NC2=C(C(=O)C[C@H](c3ccc(OC)c(OC)c3)C2)[C@@H]1c1cccc(Oc2ccccc2)c1. The Labute approximate surface area is 228 Å². The van der Waals surface area contributed by atoms with E-state index in [1.54, 1.807) is 14.2 Å². The van der Waals surface area contributed by atoms with Crippen molar-refractivity contribution in [2.24, 2.45) is 0 Å². The monoisotopic (exact) mass is 525 g/mol. The number of dihydropyridines is 1. The minimum Gasteiger partial charge on any atom is -0.493 e. The maximum Gasteiger partial charge on any atom is 0.336 e. The zero-order chi connectivity index (χ0) is 27.5. The molecule has 2 aliphatic rings. The predicted molar refractivity (Wildman–Crippen MR) is 147 cm³/mol. The summed E-state index contributed by atoms with van der Waals surface area (Å²) in [5.74, 6) is 1.46. The lowest BCUT2D eigenvalue weighted by atomic mass is 9.71. The van der Waals surface area contributed by atoms with Crippen LogP contribution in [0.3, 0.4) is 0 Å². The van der Waals surface area contributed by atoms with Crippen molar-refractivity contribution in [1.29, 1.82) is 0 Å². The number of ether oxygens (including phenoxy) is 4. The fourth-order valence-electron chi connectivity index (χ4n) is 5.48. The van der Waals surface area contributed by atoms with Crippen molar-refractivity contribution < 1.29 is 28.5 Å². The van der Waals surface area contributed by atoms with Crippen molar-refractivity contribution in [2.45, 2.75) is 31.6 Å². The molecule has 0 spiro atoms. The molecule has 0 saturated carbocycles. The van der Waals surface area contributed by atoms with Gasteiger partial charge in [0.15, 0.2) is 17.3 Å². The van der Waals surface area contributed by atoms with Gasteiger partial charge in [-0.05, 0) is 66.8 Å². The summed E-state index contributed by atoms with van der Waals surface area (Å²) in [6, 6.07) is 22.8. The molecule has 2 atom stereocenters. The van der Waals surface area contributed by atoms with E-state index in [0.29, 0.717) is 52.7 Å². The number of esters is 1. The van der Waals surface area contributed by atoms with Crippen LogP contribution < -0.4 is 19.5 Å². The molecule has 200 valence electrons. The molecular formula is C32H31NO6. The van der Waals surface area contributed by atoms with Crippen LogP contribution in [0.4, 0.5) is 0 Å². The first-order valence-electron chi connectivity index (χ1n) is 12.8. The summed E-state index contributed by atoms with van der Waals surface area (Å²) in [7, 11) is 4.55. The van der Waals surface area contributed by atoms with Gasteiger partial charge < -0.3 is 24.3 Å². The van der Waals surface area contributed by atoms with Crippen LogP contribution >= 0.6 is 0 Å². The van der Waals surface area contributed by atoms with E-state index in [-0.39, 0.29) is 11.7 Å². The average molecular weight is 526 g/mol. The normalized spacial score (nSPS) is 18.7. The third kappa shape index (κ3) is 5.12.